The van der Waals surface area contributed by atoms with E-state index in [2.05, 4.69) is 0 Å². The Bertz CT molecular complexity index is 503. The van der Waals surface area contributed by atoms with Gasteiger partial charge in [0, 0.05) is 17.0 Å². The standard InChI is InChI=1S/C19H30O3/c1-17(2,3)16(20)13-10-14(21-18(4,5)6)12-15(11-13)22-19(7,8)9/h10-12H,1-9H3. The third-order valence-corrected chi connectivity index (χ3v) is 2.67. The monoisotopic (exact) mass is 306 g/mol. The van der Waals surface area contributed by atoms with E-state index in [1.54, 1.807) is 12.1 Å². The van der Waals surface area contributed by atoms with Crippen LogP contribution >= 0.6 is 0 Å². The molecule has 3 nitrogen and oxygen atoms in total. The van der Waals surface area contributed by atoms with Crippen molar-refractivity contribution in [2.24, 2.45) is 5.41 Å². The Morgan fingerprint density at radius 3 is 1.36 bits per heavy atom. The van der Waals surface area contributed by atoms with Gasteiger partial charge in [-0.2, -0.15) is 0 Å². The van der Waals surface area contributed by atoms with Crippen LogP contribution in [0.25, 0.3) is 0 Å². The van der Waals surface area contributed by atoms with Gasteiger partial charge in [-0.3, -0.25) is 4.79 Å². The Kier molecular flexibility index (Phi) is 5.01. The number of ether oxygens (including phenoxy) is 2. The van der Waals surface area contributed by atoms with Gasteiger partial charge in [0.2, 0.25) is 0 Å². The van der Waals surface area contributed by atoms with Crippen LogP contribution in [0.5, 0.6) is 11.5 Å². The number of carbonyl (C=O) groups is 1. The molecule has 0 saturated heterocycles. The number of benzene rings is 1. The largest absolute Gasteiger partial charge is 0.488 e. The molecule has 0 heterocycles. The molecule has 0 atom stereocenters. The molecule has 0 fully saturated rings. The Morgan fingerprint density at radius 2 is 1.09 bits per heavy atom. The maximum atomic E-state index is 12.6. The summed E-state index contributed by atoms with van der Waals surface area (Å²) in [5.41, 5.74) is -0.488. The molecular weight excluding hydrogens is 276 g/mol. The average Bonchev–Trinajstić information content (AvgIpc) is 2.21. The number of Topliss-reactive ketones (excluding diaryl/α,β-unsaturated/α-hetero) is 1. The predicted molar refractivity (Wildman–Crippen MR) is 91.0 cm³/mol. The number of hydrogen-bond donors (Lipinski definition) is 0. The van der Waals surface area contributed by atoms with Crippen molar-refractivity contribution < 1.29 is 14.3 Å². The smallest absolute Gasteiger partial charge is 0.168 e. The molecule has 0 amide bonds. The van der Waals surface area contributed by atoms with E-state index < -0.39 is 5.41 Å². The molecule has 124 valence electrons. The van der Waals surface area contributed by atoms with Crippen LogP contribution in [-0.2, 0) is 0 Å². The third-order valence-electron chi connectivity index (χ3n) is 2.67. The van der Waals surface area contributed by atoms with E-state index in [4.69, 9.17) is 9.47 Å². The lowest BCUT2D eigenvalue weighted by atomic mass is 9.86. The molecule has 0 aliphatic heterocycles. The van der Waals surface area contributed by atoms with Crippen LogP contribution in [0.4, 0.5) is 0 Å². The van der Waals surface area contributed by atoms with Crippen molar-refractivity contribution in [3.63, 3.8) is 0 Å². The zero-order chi connectivity index (χ0) is 17.3. The first-order chi connectivity index (χ1) is 9.67. The first-order valence-corrected chi connectivity index (χ1v) is 7.75. The van der Waals surface area contributed by atoms with E-state index in [0.29, 0.717) is 17.1 Å². The molecule has 1 aromatic carbocycles. The van der Waals surface area contributed by atoms with Gasteiger partial charge in [-0.15, -0.1) is 0 Å². The molecule has 0 bridgehead atoms. The Hall–Kier alpha value is -1.51. The highest BCUT2D eigenvalue weighted by Gasteiger charge is 2.25. The van der Waals surface area contributed by atoms with Gasteiger partial charge in [-0.1, -0.05) is 20.8 Å². The summed E-state index contributed by atoms with van der Waals surface area (Å²) < 4.78 is 11.9. The molecular formula is C19H30O3. The van der Waals surface area contributed by atoms with Gasteiger partial charge in [0.05, 0.1) is 0 Å². The molecule has 1 aromatic rings. The van der Waals surface area contributed by atoms with Crippen LogP contribution in [0.15, 0.2) is 18.2 Å². The van der Waals surface area contributed by atoms with Crippen LogP contribution in [0.3, 0.4) is 0 Å². The average molecular weight is 306 g/mol. The molecule has 0 aromatic heterocycles. The summed E-state index contributed by atoms with van der Waals surface area (Å²) in [6.07, 6.45) is 0. The summed E-state index contributed by atoms with van der Waals surface area (Å²) in [4.78, 5) is 12.6. The fourth-order valence-corrected chi connectivity index (χ4v) is 1.96. The van der Waals surface area contributed by atoms with Crippen molar-refractivity contribution in [1.82, 2.24) is 0 Å². The van der Waals surface area contributed by atoms with Crippen molar-refractivity contribution >= 4 is 5.78 Å². The second kappa shape index (κ2) is 5.94. The molecule has 3 heteroatoms. The SMILES string of the molecule is CC(C)(C)Oc1cc(OC(C)(C)C)cc(C(=O)C(C)(C)C)c1. The molecule has 0 radical (unpaired) electrons. The van der Waals surface area contributed by atoms with E-state index in [1.807, 2.05) is 68.4 Å². The lowest BCUT2D eigenvalue weighted by Gasteiger charge is -2.26. The summed E-state index contributed by atoms with van der Waals surface area (Å²) >= 11 is 0. The van der Waals surface area contributed by atoms with Crippen LogP contribution < -0.4 is 9.47 Å². The molecule has 22 heavy (non-hydrogen) atoms. The maximum Gasteiger partial charge on any atom is 0.168 e. The van der Waals surface area contributed by atoms with Crippen LogP contribution in [0.2, 0.25) is 0 Å². The predicted octanol–water partition coefficient (Wildman–Crippen LogP) is 5.27. The quantitative estimate of drug-likeness (QED) is 0.714. The fourth-order valence-electron chi connectivity index (χ4n) is 1.96. The number of carbonyl (C=O) groups excluding carboxylic acids is 1. The lowest BCUT2D eigenvalue weighted by Crippen LogP contribution is -2.25. The van der Waals surface area contributed by atoms with Gasteiger partial charge in [-0.25, -0.2) is 0 Å². The molecule has 0 saturated carbocycles. The van der Waals surface area contributed by atoms with Crippen molar-refractivity contribution in [2.75, 3.05) is 0 Å². The minimum Gasteiger partial charge on any atom is -0.488 e. The molecule has 0 N–H and O–H groups in total. The fraction of sp³-hybridized carbons (Fsp3) is 0.632. The number of hydrogen-bond acceptors (Lipinski definition) is 3. The highest BCUT2D eigenvalue weighted by molar-refractivity contribution is 6.00. The second-order valence-corrected chi connectivity index (χ2v) is 8.70. The van der Waals surface area contributed by atoms with E-state index in [1.165, 1.54) is 0 Å². The third kappa shape index (κ3) is 6.08. The molecule has 1 rings (SSSR count). The number of ketones is 1. The van der Waals surface area contributed by atoms with Gasteiger partial charge in [0.15, 0.2) is 5.78 Å². The van der Waals surface area contributed by atoms with E-state index in [0.717, 1.165) is 0 Å². The maximum absolute atomic E-state index is 12.6. The first-order valence-electron chi connectivity index (χ1n) is 7.75. The second-order valence-electron chi connectivity index (χ2n) is 8.70. The Balaban J connectivity index is 3.29. The summed E-state index contributed by atoms with van der Waals surface area (Å²) in [7, 11) is 0. The van der Waals surface area contributed by atoms with E-state index >= 15 is 0 Å². The highest BCUT2D eigenvalue weighted by Crippen LogP contribution is 2.31. The van der Waals surface area contributed by atoms with Gasteiger partial charge in [0.1, 0.15) is 22.7 Å². The minimum absolute atomic E-state index is 0.0746. The summed E-state index contributed by atoms with van der Waals surface area (Å²) in [5, 5.41) is 0. The zero-order valence-corrected chi connectivity index (χ0v) is 15.5. The van der Waals surface area contributed by atoms with Gasteiger partial charge >= 0.3 is 0 Å². The van der Waals surface area contributed by atoms with Crippen LogP contribution in [0, 0.1) is 5.41 Å². The topological polar surface area (TPSA) is 35.5 Å². The van der Waals surface area contributed by atoms with Crippen molar-refractivity contribution in [1.29, 1.82) is 0 Å². The molecule has 0 unspecified atom stereocenters. The van der Waals surface area contributed by atoms with E-state index in [9.17, 15) is 4.79 Å². The Labute approximate surface area is 135 Å². The van der Waals surface area contributed by atoms with Gasteiger partial charge in [0.25, 0.3) is 0 Å². The van der Waals surface area contributed by atoms with Crippen molar-refractivity contribution in [2.45, 2.75) is 73.5 Å². The normalized spacial score (nSPS) is 13.0. The highest BCUT2D eigenvalue weighted by atomic mass is 16.5. The van der Waals surface area contributed by atoms with Gasteiger partial charge in [-0.05, 0) is 53.7 Å². The number of rotatable bonds is 3. The first kappa shape index (κ1) is 18.5. The van der Waals surface area contributed by atoms with E-state index in [-0.39, 0.29) is 17.0 Å². The lowest BCUT2D eigenvalue weighted by molar-refractivity contribution is 0.0852. The molecule has 0 spiro atoms. The van der Waals surface area contributed by atoms with Crippen LogP contribution in [0.1, 0.15) is 72.7 Å². The van der Waals surface area contributed by atoms with Crippen molar-refractivity contribution in [3.05, 3.63) is 23.8 Å². The van der Waals surface area contributed by atoms with Gasteiger partial charge < -0.3 is 9.47 Å². The zero-order valence-electron chi connectivity index (χ0n) is 15.5. The Morgan fingerprint density at radius 1 is 0.727 bits per heavy atom. The summed E-state index contributed by atoms with van der Waals surface area (Å²) in [6, 6.07) is 5.44. The van der Waals surface area contributed by atoms with Crippen molar-refractivity contribution in [3.8, 4) is 11.5 Å². The molecule has 0 aliphatic carbocycles. The minimum atomic E-state index is -0.445. The summed E-state index contributed by atoms with van der Waals surface area (Å²) in [5.74, 6) is 1.38. The summed E-state index contributed by atoms with van der Waals surface area (Å²) in [6.45, 7) is 17.6. The molecule has 0 aliphatic rings. The van der Waals surface area contributed by atoms with Crippen LogP contribution in [-0.4, -0.2) is 17.0 Å².